The highest BCUT2D eigenvalue weighted by Crippen LogP contribution is 2.21. The summed E-state index contributed by atoms with van der Waals surface area (Å²) in [6.45, 7) is 2.09. The number of nitrogens with one attached hydrogen (secondary N) is 1. The van der Waals surface area contributed by atoms with Gasteiger partial charge in [-0.2, -0.15) is 0 Å². The van der Waals surface area contributed by atoms with Crippen LogP contribution in [0.5, 0.6) is 0 Å². The van der Waals surface area contributed by atoms with E-state index in [1.54, 1.807) is 6.33 Å². The van der Waals surface area contributed by atoms with Crippen LogP contribution in [0.1, 0.15) is 38.3 Å². The SMILES string of the molecule is CCc1cc(N[C@H]2CC[C@@H](O)CC2)ncn1. The first kappa shape index (κ1) is 11.3. The van der Waals surface area contributed by atoms with E-state index in [1.807, 2.05) is 6.07 Å². The lowest BCUT2D eigenvalue weighted by atomic mass is 9.93. The zero-order valence-electron chi connectivity index (χ0n) is 9.69. The highest BCUT2D eigenvalue weighted by atomic mass is 16.3. The van der Waals surface area contributed by atoms with Gasteiger partial charge in [-0.25, -0.2) is 9.97 Å². The number of aryl methyl sites for hydroxylation is 1. The summed E-state index contributed by atoms with van der Waals surface area (Å²) in [6, 6.07) is 2.45. The lowest BCUT2D eigenvalue weighted by Gasteiger charge is -2.26. The van der Waals surface area contributed by atoms with E-state index >= 15 is 0 Å². The standard InChI is InChI=1S/C12H19N3O/c1-2-9-7-12(14-8-13-9)15-10-3-5-11(16)6-4-10/h7-8,10-11,16H,2-6H2,1H3,(H,13,14,15)/t10-,11+. The molecule has 2 rings (SSSR count). The molecule has 0 atom stereocenters. The number of nitrogens with zero attached hydrogens (tertiary/aromatic N) is 2. The van der Waals surface area contributed by atoms with Gasteiger partial charge in [0, 0.05) is 17.8 Å². The Kier molecular flexibility index (Phi) is 3.72. The average Bonchev–Trinajstić information content (AvgIpc) is 2.32. The fourth-order valence-electron chi connectivity index (χ4n) is 2.10. The summed E-state index contributed by atoms with van der Waals surface area (Å²) >= 11 is 0. The molecule has 1 aliphatic rings. The maximum absolute atomic E-state index is 9.42. The van der Waals surface area contributed by atoms with Gasteiger partial charge in [-0.05, 0) is 32.1 Å². The van der Waals surface area contributed by atoms with E-state index in [2.05, 4.69) is 22.2 Å². The van der Waals surface area contributed by atoms with E-state index in [4.69, 9.17) is 0 Å². The number of rotatable bonds is 3. The van der Waals surface area contributed by atoms with Crippen LogP contribution in [0.25, 0.3) is 0 Å². The molecule has 16 heavy (non-hydrogen) atoms. The lowest BCUT2D eigenvalue weighted by Crippen LogP contribution is -2.28. The van der Waals surface area contributed by atoms with E-state index in [-0.39, 0.29) is 6.10 Å². The Labute approximate surface area is 96.1 Å². The first-order valence-electron chi connectivity index (χ1n) is 6.03. The smallest absolute Gasteiger partial charge is 0.129 e. The van der Waals surface area contributed by atoms with Gasteiger partial charge in [-0.3, -0.25) is 0 Å². The molecule has 1 saturated carbocycles. The fourth-order valence-corrected chi connectivity index (χ4v) is 2.10. The van der Waals surface area contributed by atoms with Gasteiger partial charge in [-0.1, -0.05) is 6.92 Å². The molecule has 1 aromatic rings. The molecule has 1 aliphatic carbocycles. The number of anilines is 1. The van der Waals surface area contributed by atoms with Crippen molar-refractivity contribution >= 4 is 5.82 Å². The van der Waals surface area contributed by atoms with Crippen LogP contribution in [0.15, 0.2) is 12.4 Å². The molecule has 2 N–H and O–H groups in total. The Bertz CT molecular complexity index is 335. The molecule has 0 saturated heterocycles. The molecular formula is C12H19N3O. The summed E-state index contributed by atoms with van der Waals surface area (Å²) in [7, 11) is 0. The van der Waals surface area contributed by atoms with E-state index in [0.717, 1.165) is 43.6 Å². The first-order valence-corrected chi connectivity index (χ1v) is 6.03. The third-order valence-electron chi connectivity index (χ3n) is 3.13. The van der Waals surface area contributed by atoms with Crippen LogP contribution in [0.4, 0.5) is 5.82 Å². The summed E-state index contributed by atoms with van der Waals surface area (Å²) < 4.78 is 0. The number of aliphatic hydroxyl groups excluding tert-OH is 1. The predicted molar refractivity (Wildman–Crippen MR) is 63.3 cm³/mol. The quantitative estimate of drug-likeness (QED) is 0.816. The van der Waals surface area contributed by atoms with Crippen molar-refractivity contribution in [1.29, 1.82) is 0 Å². The molecular weight excluding hydrogens is 202 g/mol. The Morgan fingerprint density at radius 1 is 1.31 bits per heavy atom. The van der Waals surface area contributed by atoms with Crippen LogP contribution in [-0.2, 0) is 6.42 Å². The summed E-state index contributed by atoms with van der Waals surface area (Å²) in [5, 5.41) is 12.8. The number of aliphatic hydroxyl groups is 1. The van der Waals surface area contributed by atoms with Crippen molar-refractivity contribution in [3.63, 3.8) is 0 Å². The van der Waals surface area contributed by atoms with Crippen molar-refractivity contribution in [3.05, 3.63) is 18.1 Å². The normalized spacial score (nSPS) is 25.4. The monoisotopic (exact) mass is 221 g/mol. The Morgan fingerprint density at radius 3 is 2.75 bits per heavy atom. The molecule has 1 aromatic heterocycles. The van der Waals surface area contributed by atoms with Crippen molar-refractivity contribution in [2.75, 3.05) is 5.32 Å². The molecule has 0 amide bonds. The average molecular weight is 221 g/mol. The summed E-state index contributed by atoms with van der Waals surface area (Å²) in [5.41, 5.74) is 1.06. The van der Waals surface area contributed by atoms with E-state index in [1.165, 1.54) is 0 Å². The maximum Gasteiger partial charge on any atom is 0.129 e. The van der Waals surface area contributed by atoms with Gasteiger partial charge in [0.1, 0.15) is 12.1 Å². The first-order chi connectivity index (χ1) is 7.78. The van der Waals surface area contributed by atoms with Gasteiger partial charge in [0.05, 0.1) is 6.10 Å². The van der Waals surface area contributed by atoms with E-state index < -0.39 is 0 Å². The van der Waals surface area contributed by atoms with Crippen molar-refractivity contribution in [2.24, 2.45) is 0 Å². The van der Waals surface area contributed by atoms with Crippen LogP contribution in [0.2, 0.25) is 0 Å². The van der Waals surface area contributed by atoms with Gasteiger partial charge in [-0.15, -0.1) is 0 Å². The molecule has 0 aromatic carbocycles. The molecule has 1 heterocycles. The molecule has 1 fully saturated rings. The van der Waals surface area contributed by atoms with Gasteiger partial charge in [0.25, 0.3) is 0 Å². The largest absolute Gasteiger partial charge is 0.393 e. The van der Waals surface area contributed by atoms with E-state index in [9.17, 15) is 5.11 Å². The second-order valence-electron chi connectivity index (χ2n) is 4.40. The minimum absolute atomic E-state index is 0.102. The second-order valence-corrected chi connectivity index (χ2v) is 4.40. The predicted octanol–water partition coefficient (Wildman–Crippen LogP) is 1.75. The highest BCUT2D eigenvalue weighted by Gasteiger charge is 2.19. The second kappa shape index (κ2) is 5.25. The van der Waals surface area contributed by atoms with Gasteiger partial charge < -0.3 is 10.4 Å². The fraction of sp³-hybridized carbons (Fsp3) is 0.667. The Morgan fingerprint density at radius 2 is 2.06 bits per heavy atom. The Balaban J connectivity index is 1.93. The van der Waals surface area contributed by atoms with Crippen LogP contribution < -0.4 is 5.32 Å². The third kappa shape index (κ3) is 2.92. The van der Waals surface area contributed by atoms with Crippen molar-refractivity contribution in [2.45, 2.75) is 51.2 Å². The van der Waals surface area contributed by atoms with E-state index in [0.29, 0.717) is 6.04 Å². The van der Waals surface area contributed by atoms with Gasteiger partial charge in [0.15, 0.2) is 0 Å². The molecule has 4 heteroatoms. The summed E-state index contributed by atoms with van der Waals surface area (Å²) in [5.74, 6) is 0.910. The molecule has 0 bridgehead atoms. The maximum atomic E-state index is 9.42. The van der Waals surface area contributed by atoms with Crippen LogP contribution in [0, 0.1) is 0 Å². The third-order valence-corrected chi connectivity index (χ3v) is 3.13. The molecule has 4 nitrogen and oxygen atoms in total. The molecule has 88 valence electrons. The summed E-state index contributed by atoms with van der Waals surface area (Å²) in [4.78, 5) is 8.39. The summed E-state index contributed by atoms with van der Waals surface area (Å²) in [6.07, 6.45) is 6.26. The highest BCUT2D eigenvalue weighted by molar-refractivity contribution is 5.36. The molecule has 0 aliphatic heterocycles. The minimum atomic E-state index is -0.102. The van der Waals surface area contributed by atoms with Crippen LogP contribution in [-0.4, -0.2) is 27.2 Å². The number of hydrogen-bond donors (Lipinski definition) is 2. The minimum Gasteiger partial charge on any atom is -0.393 e. The van der Waals surface area contributed by atoms with Crippen LogP contribution in [0.3, 0.4) is 0 Å². The van der Waals surface area contributed by atoms with Crippen molar-refractivity contribution in [3.8, 4) is 0 Å². The Hall–Kier alpha value is -1.16. The number of hydrogen-bond acceptors (Lipinski definition) is 4. The molecule has 0 radical (unpaired) electrons. The van der Waals surface area contributed by atoms with Gasteiger partial charge >= 0.3 is 0 Å². The van der Waals surface area contributed by atoms with Crippen molar-refractivity contribution in [1.82, 2.24) is 9.97 Å². The topological polar surface area (TPSA) is 58.0 Å². The van der Waals surface area contributed by atoms with Crippen molar-refractivity contribution < 1.29 is 5.11 Å². The molecule has 0 unspecified atom stereocenters. The lowest BCUT2D eigenvalue weighted by molar-refractivity contribution is 0.126. The number of aromatic nitrogens is 2. The zero-order valence-corrected chi connectivity index (χ0v) is 9.69. The van der Waals surface area contributed by atoms with Crippen LogP contribution >= 0.6 is 0 Å². The zero-order chi connectivity index (χ0) is 11.4. The molecule has 0 spiro atoms. The van der Waals surface area contributed by atoms with Gasteiger partial charge in [0.2, 0.25) is 0 Å².